The van der Waals surface area contributed by atoms with Gasteiger partial charge in [0, 0.05) is 12.1 Å². The summed E-state index contributed by atoms with van der Waals surface area (Å²) in [6, 6.07) is 0.818. The molecule has 0 aromatic rings. The fraction of sp³-hybridized carbons (Fsp3) is 0.750. The largest absolute Gasteiger partial charge is 0.326 e. The second kappa shape index (κ2) is 3.74. The van der Waals surface area contributed by atoms with Crippen molar-refractivity contribution in [2.24, 2.45) is 5.73 Å². The molecule has 1 fully saturated rings. The third-order valence-corrected chi connectivity index (χ3v) is 2.05. The van der Waals surface area contributed by atoms with Gasteiger partial charge < -0.3 is 11.1 Å². The first kappa shape index (κ1) is 7.76. The molecular weight excluding hydrogens is 124 g/mol. The summed E-state index contributed by atoms with van der Waals surface area (Å²) in [5, 5.41) is 3.37. The normalized spacial score (nSPS) is 28.3. The predicted octanol–water partition coefficient (Wildman–Crippen LogP) is 0.642. The quantitative estimate of drug-likeness (QED) is 0.565. The summed E-state index contributed by atoms with van der Waals surface area (Å²) in [6.07, 6.45) is 5.33. The molecule has 1 aliphatic rings. The Morgan fingerprint density at radius 1 is 1.80 bits per heavy atom. The van der Waals surface area contributed by atoms with Gasteiger partial charge in [-0.05, 0) is 25.8 Å². The van der Waals surface area contributed by atoms with Crippen LogP contribution < -0.4 is 11.1 Å². The molecule has 1 saturated heterocycles. The van der Waals surface area contributed by atoms with Crippen LogP contribution >= 0.6 is 0 Å². The molecule has 0 spiro atoms. The minimum absolute atomic E-state index is 0.278. The van der Waals surface area contributed by atoms with Crippen molar-refractivity contribution in [1.82, 2.24) is 5.32 Å². The zero-order valence-corrected chi connectivity index (χ0v) is 6.34. The van der Waals surface area contributed by atoms with Gasteiger partial charge in [-0.1, -0.05) is 6.08 Å². The molecule has 1 heterocycles. The van der Waals surface area contributed by atoms with Gasteiger partial charge in [0.25, 0.3) is 0 Å². The molecule has 0 bridgehead atoms. The van der Waals surface area contributed by atoms with Crippen molar-refractivity contribution in [2.45, 2.75) is 31.3 Å². The van der Waals surface area contributed by atoms with E-state index in [2.05, 4.69) is 11.9 Å². The van der Waals surface area contributed by atoms with Gasteiger partial charge in [-0.2, -0.15) is 0 Å². The smallest absolute Gasteiger partial charge is 0.0229 e. The summed E-state index contributed by atoms with van der Waals surface area (Å²) < 4.78 is 0. The number of nitrogens with one attached hydrogen (secondary N) is 1. The lowest BCUT2D eigenvalue weighted by atomic mass is 10.0. The first-order chi connectivity index (χ1) is 4.84. The zero-order valence-electron chi connectivity index (χ0n) is 6.34. The van der Waals surface area contributed by atoms with Crippen LogP contribution in [0.3, 0.4) is 0 Å². The Kier molecular flexibility index (Phi) is 2.90. The topological polar surface area (TPSA) is 38.0 Å². The maximum Gasteiger partial charge on any atom is 0.0229 e. The van der Waals surface area contributed by atoms with Crippen molar-refractivity contribution < 1.29 is 0 Å². The van der Waals surface area contributed by atoms with Gasteiger partial charge >= 0.3 is 0 Å². The Bertz CT molecular complexity index is 106. The number of nitrogens with two attached hydrogens (primary N) is 1. The maximum atomic E-state index is 5.86. The van der Waals surface area contributed by atoms with Crippen molar-refractivity contribution in [3.63, 3.8) is 0 Å². The van der Waals surface area contributed by atoms with Crippen LogP contribution in [0.5, 0.6) is 0 Å². The molecule has 1 aliphatic heterocycles. The second-order valence-electron chi connectivity index (χ2n) is 2.89. The van der Waals surface area contributed by atoms with Gasteiger partial charge in [0.1, 0.15) is 0 Å². The molecule has 2 atom stereocenters. The van der Waals surface area contributed by atoms with Crippen molar-refractivity contribution in [3.8, 4) is 0 Å². The van der Waals surface area contributed by atoms with E-state index in [1.807, 2.05) is 6.08 Å². The van der Waals surface area contributed by atoms with Crippen LogP contribution in [0.15, 0.2) is 12.7 Å². The molecule has 0 amide bonds. The number of rotatable bonds is 3. The van der Waals surface area contributed by atoms with E-state index in [1.54, 1.807) is 0 Å². The lowest BCUT2D eigenvalue weighted by Crippen LogP contribution is -2.40. The minimum atomic E-state index is 0.278. The Labute approximate surface area is 62.5 Å². The van der Waals surface area contributed by atoms with E-state index in [4.69, 9.17) is 5.73 Å². The van der Waals surface area contributed by atoms with Crippen LogP contribution in [0, 0.1) is 0 Å². The van der Waals surface area contributed by atoms with Gasteiger partial charge in [0.2, 0.25) is 0 Å². The summed E-state index contributed by atoms with van der Waals surface area (Å²) >= 11 is 0. The molecule has 0 aliphatic carbocycles. The lowest BCUT2D eigenvalue weighted by Gasteiger charge is -2.16. The third-order valence-electron chi connectivity index (χ3n) is 2.05. The molecule has 2 unspecified atom stereocenters. The van der Waals surface area contributed by atoms with Crippen LogP contribution in [0.25, 0.3) is 0 Å². The highest BCUT2D eigenvalue weighted by atomic mass is 15.0. The summed E-state index contributed by atoms with van der Waals surface area (Å²) in [5.74, 6) is 0. The summed E-state index contributed by atoms with van der Waals surface area (Å²) in [7, 11) is 0. The Morgan fingerprint density at radius 3 is 3.10 bits per heavy atom. The lowest BCUT2D eigenvalue weighted by molar-refractivity contribution is 0.487. The summed E-state index contributed by atoms with van der Waals surface area (Å²) in [6.45, 7) is 4.80. The van der Waals surface area contributed by atoms with Crippen molar-refractivity contribution in [3.05, 3.63) is 12.7 Å². The number of hydrogen-bond donors (Lipinski definition) is 2. The zero-order chi connectivity index (χ0) is 7.40. The van der Waals surface area contributed by atoms with Gasteiger partial charge in [0.15, 0.2) is 0 Å². The standard InChI is InChI=1S/C8H16N2/c1-2-4-7(9)8-5-3-6-10-8/h2,7-8,10H,1,3-6,9H2. The van der Waals surface area contributed by atoms with Crippen LogP contribution in [0.2, 0.25) is 0 Å². The summed E-state index contributed by atoms with van der Waals surface area (Å²) in [4.78, 5) is 0. The van der Waals surface area contributed by atoms with Crippen molar-refractivity contribution in [2.75, 3.05) is 6.54 Å². The molecule has 0 aromatic heterocycles. The minimum Gasteiger partial charge on any atom is -0.326 e. The first-order valence-electron chi connectivity index (χ1n) is 3.94. The van der Waals surface area contributed by atoms with Gasteiger partial charge in [-0.25, -0.2) is 0 Å². The van der Waals surface area contributed by atoms with Crippen LogP contribution in [0.4, 0.5) is 0 Å². The van der Waals surface area contributed by atoms with Crippen molar-refractivity contribution in [1.29, 1.82) is 0 Å². The van der Waals surface area contributed by atoms with Gasteiger partial charge in [-0.3, -0.25) is 0 Å². The third kappa shape index (κ3) is 1.82. The van der Waals surface area contributed by atoms with E-state index in [1.165, 1.54) is 12.8 Å². The molecule has 58 valence electrons. The maximum absolute atomic E-state index is 5.86. The van der Waals surface area contributed by atoms with Crippen LogP contribution in [-0.2, 0) is 0 Å². The van der Waals surface area contributed by atoms with Crippen molar-refractivity contribution >= 4 is 0 Å². The van der Waals surface area contributed by atoms with Crippen LogP contribution in [-0.4, -0.2) is 18.6 Å². The predicted molar refractivity (Wildman–Crippen MR) is 43.8 cm³/mol. The first-order valence-corrected chi connectivity index (χ1v) is 3.94. The fourth-order valence-electron chi connectivity index (χ4n) is 1.43. The number of hydrogen-bond acceptors (Lipinski definition) is 2. The molecular formula is C8H16N2. The van der Waals surface area contributed by atoms with E-state index in [-0.39, 0.29) is 6.04 Å². The highest BCUT2D eigenvalue weighted by Gasteiger charge is 2.19. The monoisotopic (exact) mass is 140 g/mol. The Hall–Kier alpha value is -0.340. The van der Waals surface area contributed by atoms with Crippen LogP contribution in [0.1, 0.15) is 19.3 Å². The van der Waals surface area contributed by atoms with E-state index in [9.17, 15) is 0 Å². The fourth-order valence-corrected chi connectivity index (χ4v) is 1.43. The Balaban J connectivity index is 2.24. The second-order valence-corrected chi connectivity index (χ2v) is 2.89. The molecule has 2 heteroatoms. The average Bonchev–Trinajstić information content (AvgIpc) is 2.38. The molecule has 1 rings (SSSR count). The Morgan fingerprint density at radius 2 is 2.60 bits per heavy atom. The molecule has 3 N–H and O–H groups in total. The molecule has 10 heavy (non-hydrogen) atoms. The van der Waals surface area contributed by atoms with E-state index in [0.29, 0.717) is 6.04 Å². The van der Waals surface area contributed by atoms with E-state index >= 15 is 0 Å². The molecule has 0 aromatic carbocycles. The summed E-state index contributed by atoms with van der Waals surface area (Å²) in [5.41, 5.74) is 5.86. The highest BCUT2D eigenvalue weighted by molar-refractivity contribution is 4.88. The highest BCUT2D eigenvalue weighted by Crippen LogP contribution is 2.09. The SMILES string of the molecule is C=CCC(N)C1CCCN1. The average molecular weight is 140 g/mol. The molecule has 0 radical (unpaired) electrons. The van der Waals surface area contributed by atoms with Gasteiger partial charge in [-0.15, -0.1) is 6.58 Å². The van der Waals surface area contributed by atoms with E-state index in [0.717, 1.165) is 13.0 Å². The molecule has 0 saturated carbocycles. The van der Waals surface area contributed by atoms with Gasteiger partial charge in [0.05, 0.1) is 0 Å². The van der Waals surface area contributed by atoms with E-state index < -0.39 is 0 Å². The molecule has 2 nitrogen and oxygen atoms in total.